The summed E-state index contributed by atoms with van der Waals surface area (Å²) in [5.41, 5.74) is 1.02. The highest BCUT2D eigenvalue weighted by Crippen LogP contribution is 2.37. The van der Waals surface area contributed by atoms with Gasteiger partial charge in [-0.3, -0.25) is 4.79 Å². The van der Waals surface area contributed by atoms with Gasteiger partial charge in [0.2, 0.25) is 5.91 Å². The maximum atomic E-state index is 12.9. The van der Waals surface area contributed by atoms with Gasteiger partial charge in [0, 0.05) is 37.3 Å². The Morgan fingerprint density at radius 2 is 1.93 bits per heavy atom. The monoisotopic (exact) mass is 404 g/mol. The van der Waals surface area contributed by atoms with Crippen molar-refractivity contribution in [2.45, 2.75) is 32.0 Å². The third kappa shape index (κ3) is 4.46. The molecule has 2 aliphatic rings. The number of alkyl halides is 3. The van der Waals surface area contributed by atoms with Crippen molar-refractivity contribution in [1.82, 2.24) is 15.1 Å². The van der Waals surface area contributed by atoms with Crippen LogP contribution in [0.5, 0.6) is 0 Å². The number of anilines is 2. The van der Waals surface area contributed by atoms with E-state index in [1.165, 1.54) is 31.1 Å². The van der Waals surface area contributed by atoms with Crippen molar-refractivity contribution >= 4 is 17.4 Å². The Morgan fingerprint density at radius 1 is 1.21 bits per heavy atom. The van der Waals surface area contributed by atoms with Crippen molar-refractivity contribution in [3.63, 3.8) is 0 Å². The van der Waals surface area contributed by atoms with Crippen LogP contribution in [0, 0.1) is 11.8 Å². The van der Waals surface area contributed by atoms with E-state index in [0.29, 0.717) is 31.2 Å². The number of hydrogen-bond donors (Lipinski definition) is 1. The topological polar surface area (TPSA) is 50.2 Å². The van der Waals surface area contributed by atoms with E-state index in [1.807, 2.05) is 15.6 Å². The van der Waals surface area contributed by atoms with E-state index in [4.69, 9.17) is 5.10 Å². The van der Waals surface area contributed by atoms with Gasteiger partial charge in [-0.15, -0.1) is 0 Å². The van der Waals surface area contributed by atoms with Crippen LogP contribution >= 0.6 is 0 Å². The van der Waals surface area contributed by atoms with Gasteiger partial charge in [-0.05, 0) is 55.5 Å². The summed E-state index contributed by atoms with van der Waals surface area (Å²) in [6.07, 6.45) is 0.238. The number of carbonyl (C=O) groups is 1. The SMILES string of the molecule is C=CC(=O)NCC1CN(c2ccc(C(F)(F)F)cc2)c2cc(CC3CC3)nn2C1. The van der Waals surface area contributed by atoms with Crippen molar-refractivity contribution in [3.8, 4) is 0 Å². The standard InChI is InChI=1S/C21H23F3N4O/c1-2-19(29)25-11-15-12-27(18-7-5-16(6-8-18)21(22,23)24)20-10-17(9-14-3-4-14)26-28(20)13-15/h2,5-8,10,14-15H,1,3-4,9,11-13H2,(H,25,29). The Kier molecular flexibility index (Phi) is 5.10. The van der Waals surface area contributed by atoms with E-state index in [1.54, 1.807) is 0 Å². The number of halogens is 3. The van der Waals surface area contributed by atoms with E-state index in [2.05, 4.69) is 11.9 Å². The minimum absolute atomic E-state index is 0.0716. The van der Waals surface area contributed by atoms with Gasteiger partial charge in [0.05, 0.1) is 11.3 Å². The molecule has 1 atom stereocenters. The molecule has 154 valence electrons. The predicted molar refractivity (Wildman–Crippen MR) is 104 cm³/mol. The smallest absolute Gasteiger partial charge is 0.352 e. The Hall–Kier alpha value is -2.77. The average molecular weight is 404 g/mol. The number of nitrogens with zero attached hydrogens (tertiary/aromatic N) is 3. The van der Waals surface area contributed by atoms with Gasteiger partial charge in [-0.1, -0.05) is 6.58 Å². The molecule has 5 nitrogen and oxygen atoms in total. The Morgan fingerprint density at radius 3 is 2.55 bits per heavy atom. The summed E-state index contributed by atoms with van der Waals surface area (Å²) in [7, 11) is 0. The van der Waals surface area contributed by atoms with E-state index in [9.17, 15) is 18.0 Å². The molecule has 1 N–H and O–H groups in total. The van der Waals surface area contributed by atoms with Gasteiger partial charge in [0.1, 0.15) is 5.82 Å². The molecule has 1 fully saturated rings. The lowest BCUT2D eigenvalue weighted by Gasteiger charge is -2.35. The molecule has 1 aromatic heterocycles. The summed E-state index contributed by atoms with van der Waals surface area (Å²) in [5, 5.41) is 7.53. The quantitative estimate of drug-likeness (QED) is 0.743. The van der Waals surface area contributed by atoms with Crippen LogP contribution < -0.4 is 10.2 Å². The minimum Gasteiger partial charge on any atom is -0.352 e. The number of nitrogens with one attached hydrogen (secondary N) is 1. The maximum absolute atomic E-state index is 12.9. The summed E-state index contributed by atoms with van der Waals surface area (Å²) < 4.78 is 40.7. The number of fused-ring (bicyclic) bond motifs is 1. The van der Waals surface area contributed by atoms with Crippen LogP contribution in [-0.4, -0.2) is 28.8 Å². The van der Waals surface area contributed by atoms with Crippen LogP contribution in [0.3, 0.4) is 0 Å². The van der Waals surface area contributed by atoms with Crippen molar-refractivity contribution in [3.05, 3.63) is 54.2 Å². The van der Waals surface area contributed by atoms with Crippen LogP contribution in [0.4, 0.5) is 24.7 Å². The number of aromatic nitrogens is 2. The molecular formula is C21H23F3N4O. The Balaban J connectivity index is 1.60. The summed E-state index contributed by atoms with van der Waals surface area (Å²) in [6, 6.07) is 7.22. The second-order valence-corrected chi connectivity index (χ2v) is 7.79. The Bertz CT molecular complexity index is 900. The second-order valence-electron chi connectivity index (χ2n) is 7.79. The molecule has 0 bridgehead atoms. The number of hydrogen-bond acceptors (Lipinski definition) is 3. The highest BCUT2D eigenvalue weighted by Gasteiger charge is 2.32. The van der Waals surface area contributed by atoms with Crippen molar-refractivity contribution in [1.29, 1.82) is 0 Å². The van der Waals surface area contributed by atoms with Crippen LogP contribution in [0.1, 0.15) is 24.1 Å². The van der Waals surface area contributed by atoms with Gasteiger partial charge in [0.25, 0.3) is 0 Å². The van der Waals surface area contributed by atoms with Crippen molar-refractivity contribution in [2.75, 3.05) is 18.0 Å². The third-order valence-corrected chi connectivity index (χ3v) is 5.41. The highest BCUT2D eigenvalue weighted by atomic mass is 19.4. The van der Waals surface area contributed by atoms with Gasteiger partial charge < -0.3 is 10.2 Å². The van der Waals surface area contributed by atoms with Crippen molar-refractivity contribution in [2.24, 2.45) is 11.8 Å². The number of rotatable bonds is 6. The average Bonchev–Trinajstić information content (AvgIpc) is 3.41. The molecule has 0 radical (unpaired) electrons. The first-order valence-electron chi connectivity index (χ1n) is 9.75. The number of carbonyl (C=O) groups excluding carboxylic acids is 1. The molecule has 2 aromatic rings. The van der Waals surface area contributed by atoms with Gasteiger partial charge >= 0.3 is 6.18 Å². The van der Waals surface area contributed by atoms with Crippen LogP contribution in [-0.2, 0) is 23.9 Å². The normalized spacial score (nSPS) is 19.0. The summed E-state index contributed by atoms with van der Waals surface area (Å²) in [6.45, 7) is 5.13. The lowest BCUT2D eigenvalue weighted by Crippen LogP contribution is -2.41. The molecular weight excluding hydrogens is 381 g/mol. The molecule has 1 aromatic carbocycles. The fraction of sp³-hybridized carbons (Fsp3) is 0.429. The first-order valence-corrected chi connectivity index (χ1v) is 9.75. The number of benzene rings is 1. The first-order chi connectivity index (χ1) is 13.8. The van der Waals surface area contributed by atoms with Gasteiger partial charge in [0.15, 0.2) is 0 Å². The van der Waals surface area contributed by atoms with Crippen LogP contribution in [0.2, 0.25) is 0 Å². The summed E-state index contributed by atoms with van der Waals surface area (Å²) >= 11 is 0. The maximum Gasteiger partial charge on any atom is 0.416 e. The molecule has 0 saturated heterocycles. The molecule has 8 heteroatoms. The summed E-state index contributed by atoms with van der Waals surface area (Å²) in [5.74, 6) is 1.40. The molecule has 0 spiro atoms. The first kappa shape index (κ1) is 19.5. The highest BCUT2D eigenvalue weighted by molar-refractivity contribution is 5.86. The van der Waals surface area contributed by atoms with Crippen LogP contribution in [0.15, 0.2) is 43.0 Å². The largest absolute Gasteiger partial charge is 0.416 e. The van der Waals surface area contributed by atoms with E-state index in [-0.39, 0.29) is 11.8 Å². The Labute approximate surface area is 167 Å². The fourth-order valence-electron chi connectivity index (χ4n) is 3.70. The molecule has 4 rings (SSSR count). The molecule has 29 heavy (non-hydrogen) atoms. The van der Waals surface area contributed by atoms with Gasteiger partial charge in [-0.25, -0.2) is 4.68 Å². The second kappa shape index (κ2) is 7.57. The van der Waals surface area contributed by atoms with E-state index < -0.39 is 11.7 Å². The summed E-state index contributed by atoms with van der Waals surface area (Å²) in [4.78, 5) is 13.5. The fourth-order valence-corrected chi connectivity index (χ4v) is 3.70. The third-order valence-electron chi connectivity index (χ3n) is 5.41. The lowest BCUT2D eigenvalue weighted by molar-refractivity contribution is -0.137. The zero-order valence-corrected chi connectivity index (χ0v) is 16.0. The van der Waals surface area contributed by atoms with Gasteiger partial charge in [-0.2, -0.15) is 18.3 Å². The molecule has 1 aliphatic carbocycles. The minimum atomic E-state index is -4.36. The van der Waals surface area contributed by atoms with Crippen LogP contribution in [0.25, 0.3) is 0 Å². The molecule has 1 saturated carbocycles. The molecule has 1 amide bonds. The molecule has 1 aliphatic heterocycles. The van der Waals surface area contributed by atoms with E-state index >= 15 is 0 Å². The lowest BCUT2D eigenvalue weighted by atomic mass is 10.1. The molecule has 1 unspecified atom stereocenters. The predicted octanol–water partition coefficient (Wildman–Crippen LogP) is 3.92. The zero-order chi connectivity index (χ0) is 20.6. The van der Waals surface area contributed by atoms with Crippen molar-refractivity contribution < 1.29 is 18.0 Å². The zero-order valence-electron chi connectivity index (χ0n) is 16.0. The number of amides is 1. The van der Waals surface area contributed by atoms with E-state index in [0.717, 1.165) is 30.1 Å². The molecule has 2 heterocycles.